The second-order valence-corrected chi connectivity index (χ2v) is 11.3. The first-order chi connectivity index (χ1) is 15.5. The average Bonchev–Trinajstić information content (AvgIpc) is 3.41. The fourth-order valence-corrected chi connectivity index (χ4v) is 8.25. The summed E-state index contributed by atoms with van der Waals surface area (Å²) in [6, 6.07) is 3.86. The highest BCUT2D eigenvalue weighted by Crippen LogP contribution is 2.66. The highest BCUT2D eigenvalue weighted by molar-refractivity contribution is 5.81. The standard InChI is InChI=1S/C26H34N2O4/c1-2-16-8-11-28(24(16)30)18-7-9-26(31)20-13-17-5-6-19(29)22-21(17)25(26,23(18)32-22)10-12-27(20)14-15-3-4-15/h5-6,15-16,18,20,23,29,31H,2-4,7-14H2,1H3/t16?,18-,20-,23-,25-,26+/m0/s1. The van der Waals surface area contributed by atoms with E-state index in [1.807, 2.05) is 6.07 Å². The van der Waals surface area contributed by atoms with E-state index in [0.717, 1.165) is 63.2 Å². The van der Waals surface area contributed by atoms with Gasteiger partial charge < -0.3 is 19.8 Å². The lowest BCUT2D eigenvalue weighted by atomic mass is 9.48. The molecule has 6 atom stereocenters. The van der Waals surface area contributed by atoms with Gasteiger partial charge in [0.15, 0.2) is 11.5 Å². The van der Waals surface area contributed by atoms with Gasteiger partial charge in [-0.15, -0.1) is 0 Å². The number of amides is 1. The lowest BCUT2D eigenvalue weighted by Gasteiger charge is -2.64. The van der Waals surface area contributed by atoms with Gasteiger partial charge in [0.2, 0.25) is 5.91 Å². The maximum atomic E-state index is 13.2. The second kappa shape index (κ2) is 6.41. The van der Waals surface area contributed by atoms with Gasteiger partial charge >= 0.3 is 0 Å². The minimum absolute atomic E-state index is 0.0345. The molecule has 2 saturated carbocycles. The molecule has 3 aliphatic heterocycles. The minimum atomic E-state index is -0.875. The average molecular weight is 439 g/mol. The van der Waals surface area contributed by atoms with Crippen molar-refractivity contribution in [3.05, 3.63) is 23.3 Å². The molecular weight excluding hydrogens is 404 g/mol. The topological polar surface area (TPSA) is 73.2 Å². The molecule has 172 valence electrons. The van der Waals surface area contributed by atoms with Crippen LogP contribution in [0.1, 0.15) is 63.0 Å². The summed E-state index contributed by atoms with van der Waals surface area (Å²) in [5, 5.41) is 23.3. The number of carbonyl (C=O) groups is 1. The van der Waals surface area contributed by atoms with Crippen molar-refractivity contribution in [1.29, 1.82) is 0 Å². The summed E-state index contributed by atoms with van der Waals surface area (Å²) < 4.78 is 6.62. The molecule has 32 heavy (non-hydrogen) atoms. The van der Waals surface area contributed by atoms with Gasteiger partial charge in [-0.2, -0.15) is 0 Å². The van der Waals surface area contributed by atoms with Crippen LogP contribution < -0.4 is 4.74 Å². The first kappa shape index (κ1) is 19.7. The summed E-state index contributed by atoms with van der Waals surface area (Å²) in [5.74, 6) is 1.89. The summed E-state index contributed by atoms with van der Waals surface area (Å²) in [4.78, 5) is 17.8. The van der Waals surface area contributed by atoms with E-state index in [0.29, 0.717) is 12.2 Å². The summed E-state index contributed by atoms with van der Waals surface area (Å²) in [6.45, 7) is 4.91. The number of phenols is 1. The van der Waals surface area contributed by atoms with Crippen LogP contribution in [0.15, 0.2) is 12.1 Å². The van der Waals surface area contributed by atoms with E-state index in [4.69, 9.17) is 4.74 Å². The molecule has 6 nitrogen and oxygen atoms in total. The summed E-state index contributed by atoms with van der Waals surface area (Å²) in [6.07, 6.45) is 7.24. The number of carbonyl (C=O) groups excluding carboxylic acids is 1. The molecule has 2 N–H and O–H groups in total. The summed E-state index contributed by atoms with van der Waals surface area (Å²) >= 11 is 0. The van der Waals surface area contributed by atoms with Crippen molar-refractivity contribution in [2.75, 3.05) is 19.6 Å². The zero-order chi connectivity index (χ0) is 21.8. The molecule has 1 aromatic rings. The van der Waals surface area contributed by atoms with Gasteiger partial charge in [0.1, 0.15) is 6.10 Å². The number of piperidine rings is 1. The molecule has 1 aromatic carbocycles. The number of hydrogen-bond donors (Lipinski definition) is 2. The van der Waals surface area contributed by atoms with Crippen molar-refractivity contribution in [2.24, 2.45) is 11.8 Å². The number of benzene rings is 1. The molecule has 3 heterocycles. The van der Waals surface area contributed by atoms with Gasteiger partial charge in [0.05, 0.1) is 17.1 Å². The largest absolute Gasteiger partial charge is 0.504 e. The van der Waals surface area contributed by atoms with E-state index in [2.05, 4.69) is 16.7 Å². The Balaban J connectivity index is 1.35. The van der Waals surface area contributed by atoms with Crippen LogP contribution in [0.2, 0.25) is 0 Å². The Kier molecular flexibility index (Phi) is 3.94. The molecule has 0 aromatic heterocycles. The lowest BCUT2D eigenvalue weighted by Crippen LogP contribution is -2.78. The van der Waals surface area contributed by atoms with Crippen molar-refractivity contribution in [3.63, 3.8) is 0 Å². The molecular formula is C26H34N2O4. The minimum Gasteiger partial charge on any atom is -0.504 e. The fourth-order valence-electron chi connectivity index (χ4n) is 8.25. The van der Waals surface area contributed by atoms with Gasteiger partial charge in [-0.25, -0.2) is 0 Å². The predicted octanol–water partition coefficient (Wildman–Crippen LogP) is 2.58. The number of ether oxygens (including phenoxy) is 1. The number of aromatic hydroxyl groups is 1. The first-order valence-corrected chi connectivity index (χ1v) is 12.8. The van der Waals surface area contributed by atoms with Crippen LogP contribution in [-0.4, -0.2) is 69.3 Å². The Morgan fingerprint density at radius 2 is 2.00 bits per heavy atom. The third-order valence-corrected chi connectivity index (χ3v) is 9.98. The number of phenolic OH excluding ortho intramolecular Hbond substituents is 1. The van der Waals surface area contributed by atoms with Crippen LogP contribution in [0.5, 0.6) is 11.5 Å². The van der Waals surface area contributed by atoms with E-state index in [9.17, 15) is 15.0 Å². The number of hydrogen-bond acceptors (Lipinski definition) is 5. The molecule has 6 heteroatoms. The van der Waals surface area contributed by atoms with Crippen molar-refractivity contribution in [2.45, 2.75) is 87.5 Å². The Morgan fingerprint density at radius 3 is 2.75 bits per heavy atom. The summed E-state index contributed by atoms with van der Waals surface area (Å²) in [7, 11) is 0. The van der Waals surface area contributed by atoms with Crippen LogP contribution in [0.3, 0.4) is 0 Å². The highest BCUT2D eigenvalue weighted by atomic mass is 16.5. The molecule has 0 radical (unpaired) electrons. The molecule has 6 aliphatic rings. The Hall–Kier alpha value is -1.79. The Bertz CT molecular complexity index is 992. The van der Waals surface area contributed by atoms with E-state index in [1.54, 1.807) is 6.07 Å². The number of rotatable bonds is 4. The maximum absolute atomic E-state index is 13.2. The molecule has 2 saturated heterocycles. The fraction of sp³-hybridized carbons (Fsp3) is 0.731. The van der Waals surface area contributed by atoms with Gasteiger partial charge in [-0.05, 0) is 75.5 Å². The number of nitrogens with zero attached hydrogens (tertiary/aromatic N) is 2. The molecule has 7 rings (SSSR count). The summed E-state index contributed by atoms with van der Waals surface area (Å²) in [5.41, 5.74) is 0.860. The third-order valence-electron chi connectivity index (χ3n) is 9.98. The van der Waals surface area contributed by atoms with Crippen LogP contribution in [0.4, 0.5) is 0 Å². The maximum Gasteiger partial charge on any atom is 0.226 e. The number of aliphatic hydroxyl groups is 1. The molecule has 1 amide bonds. The van der Waals surface area contributed by atoms with Crippen molar-refractivity contribution in [1.82, 2.24) is 9.80 Å². The van der Waals surface area contributed by atoms with Crippen LogP contribution >= 0.6 is 0 Å². The van der Waals surface area contributed by atoms with E-state index < -0.39 is 11.0 Å². The normalized spacial score (nSPS) is 42.2. The molecule has 1 spiro atoms. The lowest BCUT2D eigenvalue weighted by molar-refractivity contribution is -0.200. The predicted molar refractivity (Wildman–Crippen MR) is 119 cm³/mol. The van der Waals surface area contributed by atoms with Crippen molar-refractivity contribution >= 4 is 5.91 Å². The van der Waals surface area contributed by atoms with E-state index in [1.165, 1.54) is 18.4 Å². The molecule has 1 unspecified atom stereocenters. The van der Waals surface area contributed by atoms with Crippen LogP contribution in [0, 0.1) is 11.8 Å². The van der Waals surface area contributed by atoms with E-state index >= 15 is 0 Å². The molecule has 4 fully saturated rings. The van der Waals surface area contributed by atoms with Gasteiger partial charge in [0.25, 0.3) is 0 Å². The molecule has 3 aliphatic carbocycles. The zero-order valence-electron chi connectivity index (χ0n) is 18.9. The molecule has 2 bridgehead atoms. The SMILES string of the molecule is CCC1CCN([C@H]2CC[C@@]3(O)[C@@H]4Cc5ccc(O)c6c5[C@@]3(CCN4CC3CC3)[C@H]2O6)C1=O. The van der Waals surface area contributed by atoms with Crippen LogP contribution in [0.25, 0.3) is 0 Å². The second-order valence-electron chi connectivity index (χ2n) is 11.3. The van der Waals surface area contributed by atoms with Gasteiger partial charge in [0, 0.05) is 30.6 Å². The highest BCUT2D eigenvalue weighted by Gasteiger charge is 2.73. The number of likely N-dealkylation sites (tertiary alicyclic amines) is 2. The van der Waals surface area contributed by atoms with Gasteiger partial charge in [-0.1, -0.05) is 13.0 Å². The quantitative estimate of drug-likeness (QED) is 0.756. The first-order valence-electron chi connectivity index (χ1n) is 12.8. The Morgan fingerprint density at radius 1 is 1.16 bits per heavy atom. The third kappa shape index (κ3) is 2.26. The van der Waals surface area contributed by atoms with Gasteiger partial charge in [-0.3, -0.25) is 9.69 Å². The smallest absolute Gasteiger partial charge is 0.226 e. The monoisotopic (exact) mass is 438 g/mol. The Labute approximate surface area is 189 Å². The van der Waals surface area contributed by atoms with Crippen molar-refractivity contribution < 1.29 is 19.7 Å². The van der Waals surface area contributed by atoms with Crippen molar-refractivity contribution in [3.8, 4) is 11.5 Å². The van der Waals surface area contributed by atoms with E-state index in [-0.39, 0.29) is 35.8 Å². The van der Waals surface area contributed by atoms with Crippen LogP contribution in [-0.2, 0) is 16.6 Å². The zero-order valence-corrected chi connectivity index (χ0v) is 18.9.